The van der Waals surface area contributed by atoms with Gasteiger partial charge in [-0.25, -0.2) is 9.07 Å². The molecule has 1 aromatic heterocycles. The number of hydrogen-bond donors (Lipinski definition) is 0. The minimum absolute atomic E-state index is 0.0321. The van der Waals surface area contributed by atoms with E-state index in [2.05, 4.69) is 12.0 Å². The van der Waals surface area contributed by atoms with Crippen LogP contribution in [-0.2, 0) is 17.6 Å². The summed E-state index contributed by atoms with van der Waals surface area (Å²) in [6.07, 6.45) is 2.14. The predicted molar refractivity (Wildman–Crippen MR) is 115 cm³/mol. The van der Waals surface area contributed by atoms with Crippen molar-refractivity contribution in [2.75, 3.05) is 18.6 Å². The van der Waals surface area contributed by atoms with Crippen molar-refractivity contribution in [2.24, 2.45) is 0 Å². The Morgan fingerprint density at radius 1 is 1.13 bits per heavy atom. The number of methoxy groups -OCH3 is 1. The number of fused-ring (bicyclic) bond motifs is 1. The van der Waals surface area contributed by atoms with E-state index in [9.17, 15) is 9.18 Å². The average molecular weight is 407 g/mol. The Morgan fingerprint density at radius 2 is 1.87 bits per heavy atom. The SMILES string of the molecule is COc1ccc(C)c2c1N(C(=O)Cc1c(C)nn(-c3ccc(F)cc3)c1C)CCC2. The monoisotopic (exact) mass is 407 g/mol. The van der Waals surface area contributed by atoms with E-state index in [4.69, 9.17) is 4.74 Å². The molecule has 0 atom stereocenters. The number of hydrogen-bond acceptors (Lipinski definition) is 3. The fourth-order valence-electron chi connectivity index (χ4n) is 4.28. The summed E-state index contributed by atoms with van der Waals surface area (Å²) < 4.78 is 20.6. The van der Waals surface area contributed by atoms with E-state index in [1.54, 1.807) is 23.9 Å². The van der Waals surface area contributed by atoms with Crippen LogP contribution in [0.25, 0.3) is 5.69 Å². The molecule has 0 bridgehead atoms. The summed E-state index contributed by atoms with van der Waals surface area (Å²) in [5, 5.41) is 4.60. The first-order valence-electron chi connectivity index (χ1n) is 10.2. The zero-order chi connectivity index (χ0) is 21.4. The van der Waals surface area contributed by atoms with Gasteiger partial charge in [0, 0.05) is 17.8 Å². The quantitative estimate of drug-likeness (QED) is 0.641. The summed E-state index contributed by atoms with van der Waals surface area (Å²) in [6.45, 7) is 6.61. The Balaban J connectivity index is 1.67. The van der Waals surface area contributed by atoms with E-state index in [1.807, 2.05) is 30.9 Å². The van der Waals surface area contributed by atoms with Crippen LogP contribution in [0.4, 0.5) is 10.1 Å². The molecule has 0 saturated heterocycles. The highest BCUT2D eigenvalue weighted by molar-refractivity contribution is 5.98. The first-order valence-corrected chi connectivity index (χ1v) is 10.2. The van der Waals surface area contributed by atoms with Gasteiger partial charge in [0.05, 0.1) is 30.6 Å². The molecule has 156 valence electrons. The van der Waals surface area contributed by atoms with E-state index < -0.39 is 0 Å². The largest absolute Gasteiger partial charge is 0.495 e. The summed E-state index contributed by atoms with van der Waals surface area (Å²) in [6, 6.07) is 10.2. The molecule has 0 spiro atoms. The summed E-state index contributed by atoms with van der Waals surface area (Å²) in [5.74, 6) is 0.479. The summed E-state index contributed by atoms with van der Waals surface area (Å²) in [5.41, 5.74) is 6.64. The van der Waals surface area contributed by atoms with Gasteiger partial charge < -0.3 is 9.64 Å². The molecule has 1 amide bonds. The molecule has 2 heterocycles. The van der Waals surface area contributed by atoms with E-state index in [1.165, 1.54) is 23.3 Å². The molecule has 6 heteroatoms. The molecule has 3 aromatic rings. The van der Waals surface area contributed by atoms with Crippen molar-refractivity contribution >= 4 is 11.6 Å². The number of carbonyl (C=O) groups excluding carboxylic acids is 1. The van der Waals surface area contributed by atoms with Crippen LogP contribution in [-0.4, -0.2) is 29.3 Å². The number of anilines is 1. The molecule has 4 rings (SSSR count). The number of halogens is 1. The fraction of sp³-hybridized carbons (Fsp3) is 0.333. The number of aryl methyl sites for hydroxylation is 2. The summed E-state index contributed by atoms with van der Waals surface area (Å²) >= 11 is 0. The molecule has 0 saturated carbocycles. The zero-order valence-corrected chi connectivity index (χ0v) is 17.8. The van der Waals surface area contributed by atoms with E-state index in [0.717, 1.165) is 46.9 Å². The van der Waals surface area contributed by atoms with Crippen molar-refractivity contribution in [1.29, 1.82) is 0 Å². The molecule has 1 aliphatic heterocycles. The third-order valence-electron chi connectivity index (χ3n) is 5.92. The second-order valence-electron chi connectivity index (χ2n) is 7.78. The van der Waals surface area contributed by atoms with Gasteiger partial charge in [0.15, 0.2) is 0 Å². The number of amides is 1. The Kier molecular flexibility index (Phi) is 5.33. The van der Waals surface area contributed by atoms with Crippen LogP contribution in [0, 0.1) is 26.6 Å². The van der Waals surface area contributed by atoms with E-state index >= 15 is 0 Å². The number of rotatable bonds is 4. The third kappa shape index (κ3) is 3.47. The molecule has 30 heavy (non-hydrogen) atoms. The maximum Gasteiger partial charge on any atom is 0.231 e. The number of benzene rings is 2. The average Bonchev–Trinajstić information content (AvgIpc) is 3.02. The van der Waals surface area contributed by atoms with Crippen molar-refractivity contribution in [3.05, 3.63) is 70.3 Å². The topological polar surface area (TPSA) is 47.4 Å². The lowest BCUT2D eigenvalue weighted by Gasteiger charge is -2.32. The van der Waals surface area contributed by atoms with Crippen molar-refractivity contribution in [1.82, 2.24) is 9.78 Å². The highest BCUT2D eigenvalue weighted by atomic mass is 19.1. The molecular weight excluding hydrogens is 381 g/mol. The van der Waals surface area contributed by atoms with Gasteiger partial charge in [-0.05, 0) is 75.1 Å². The third-order valence-corrected chi connectivity index (χ3v) is 5.92. The lowest BCUT2D eigenvalue weighted by Crippen LogP contribution is -2.37. The van der Waals surface area contributed by atoms with Gasteiger partial charge >= 0.3 is 0 Å². The number of aromatic nitrogens is 2. The van der Waals surface area contributed by atoms with Crippen molar-refractivity contribution in [2.45, 2.75) is 40.0 Å². The molecular formula is C24H26FN3O2. The van der Waals surface area contributed by atoms with Crippen molar-refractivity contribution in [3.8, 4) is 11.4 Å². The highest BCUT2D eigenvalue weighted by Gasteiger charge is 2.28. The number of ether oxygens (including phenoxy) is 1. The van der Waals surface area contributed by atoms with Gasteiger partial charge in [-0.15, -0.1) is 0 Å². The first-order chi connectivity index (χ1) is 14.4. The van der Waals surface area contributed by atoms with Crippen LogP contribution in [0.5, 0.6) is 5.75 Å². The standard InChI is InChI=1S/C24H26FN3O2/c1-15-7-12-22(30-4)24-20(15)6-5-13-27(24)23(29)14-21-16(2)26-28(17(21)3)19-10-8-18(25)9-11-19/h7-12H,5-6,13-14H2,1-4H3. The van der Waals surface area contributed by atoms with Crippen LogP contribution in [0.15, 0.2) is 36.4 Å². The van der Waals surface area contributed by atoms with Crippen molar-refractivity contribution < 1.29 is 13.9 Å². The molecule has 2 aromatic carbocycles. The van der Waals surface area contributed by atoms with Crippen molar-refractivity contribution in [3.63, 3.8) is 0 Å². The molecule has 0 aliphatic carbocycles. The Morgan fingerprint density at radius 3 is 2.57 bits per heavy atom. The maximum atomic E-state index is 13.4. The maximum absolute atomic E-state index is 13.4. The number of carbonyl (C=O) groups is 1. The van der Waals surface area contributed by atoms with Crippen LogP contribution in [0.3, 0.4) is 0 Å². The molecule has 0 N–H and O–H groups in total. The highest BCUT2D eigenvalue weighted by Crippen LogP contribution is 2.38. The number of nitrogens with zero attached hydrogens (tertiary/aromatic N) is 3. The second-order valence-corrected chi connectivity index (χ2v) is 7.78. The molecule has 5 nitrogen and oxygen atoms in total. The van der Waals surface area contributed by atoms with Crippen LogP contribution >= 0.6 is 0 Å². The molecule has 1 aliphatic rings. The van der Waals surface area contributed by atoms with Gasteiger partial charge in [-0.3, -0.25) is 4.79 Å². The Labute approximate surface area is 176 Å². The minimum Gasteiger partial charge on any atom is -0.495 e. The van der Waals surface area contributed by atoms with Crippen LogP contribution in [0.1, 0.15) is 34.5 Å². The predicted octanol–water partition coefficient (Wildman–Crippen LogP) is 4.47. The Bertz CT molecular complexity index is 1100. The second kappa shape index (κ2) is 7.94. The van der Waals surface area contributed by atoms with E-state index in [0.29, 0.717) is 6.54 Å². The van der Waals surface area contributed by atoms with Gasteiger partial charge in [0.25, 0.3) is 0 Å². The lowest BCUT2D eigenvalue weighted by atomic mass is 9.95. The normalized spacial score (nSPS) is 13.3. The minimum atomic E-state index is -0.288. The molecule has 0 unspecified atom stereocenters. The van der Waals surface area contributed by atoms with Gasteiger partial charge in [-0.1, -0.05) is 6.07 Å². The summed E-state index contributed by atoms with van der Waals surface area (Å²) in [4.78, 5) is 15.2. The first kappa shape index (κ1) is 20.1. The smallest absolute Gasteiger partial charge is 0.231 e. The molecule has 0 radical (unpaired) electrons. The summed E-state index contributed by atoms with van der Waals surface area (Å²) in [7, 11) is 1.64. The van der Waals surface area contributed by atoms with Gasteiger partial charge in [0.1, 0.15) is 11.6 Å². The fourth-order valence-corrected chi connectivity index (χ4v) is 4.28. The van der Waals surface area contributed by atoms with Gasteiger partial charge in [0.2, 0.25) is 5.91 Å². The zero-order valence-electron chi connectivity index (χ0n) is 17.8. The Hall–Kier alpha value is -3.15. The lowest BCUT2D eigenvalue weighted by molar-refractivity contribution is -0.118. The van der Waals surface area contributed by atoms with E-state index in [-0.39, 0.29) is 18.1 Å². The van der Waals surface area contributed by atoms with Crippen LogP contribution < -0.4 is 9.64 Å². The molecule has 0 fully saturated rings. The van der Waals surface area contributed by atoms with Crippen LogP contribution in [0.2, 0.25) is 0 Å². The van der Waals surface area contributed by atoms with Gasteiger partial charge in [-0.2, -0.15) is 5.10 Å².